The number of esters is 1. The van der Waals surface area contributed by atoms with E-state index < -0.39 is 24.0 Å². The Hall–Kier alpha value is -3.84. The summed E-state index contributed by atoms with van der Waals surface area (Å²) in [6.07, 6.45) is -0.757. The highest BCUT2D eigenvalue weighted by molar-refractivity contribution is 6.31. The lowest BCUT2D eigenvalue weighted by Gasteiger charge is -2.21. The van der Waals surface area contributed by atoms with Gasteiger partial charge in [-0.15, -0.1) is 0 Å². The number of halogens is 1. The number of carbonyl (C=O) groups excluding carboxylic acids is 3. The zero-order chi connectivity index (χ0) is 24.5. The third-order valence-electron chi connectivity index (χ3n) is 4.84. The van der Waals surface area contributed by atoms with E-state index in [0.29, 0.717) is 5.69 Å². The molecule has 176 valence electrons. The number of ether oxygens (including phenoxy) is 2. The fourth-order valence-corrected chi connectivity index (χ4v) is 3.21. The summed E-state index contributed by atoms with van der Waals surface area (Å²) in [4.78, 5) is 38.0. The number of hydrogen-bond donors (Lipinski definition) is 2. The van der Waals surface area contributed by atoms with Gasteiger partial charge in [-0.05, 0) is 35.7 Å². The van der Waals surface area contributed by atoms with Crippen LogP contribution in [0.1, 0.15) is 29.8 Å². The monoisotopic (exact) mass is 480 g/mol. The van der Waals surface area contributed by atoms with E-state index in [0.717, 1.165) is 5.56 Å². The van der Waals surface area contributed by atoms with Gasteiger partial charge in [-0.25, -0.2) is 9.59 Å². The Morgan fingerprint density at radius 3 is 2.21 bits per heavy atom. The molecule has 0 aliphatic rings. The molecule has 0 radical (unpaired) electrons. The van der Waals surface area contributed by atoms with E-state index in [4.69, 9.17) is 21.1 Å². The van der Waals surface area contributed by atoms with Crippen LogP contribution < -0.4 is 15.4 Å². The molecule has 3 aromatic carbocycles. The third-order valence-corrected chi connectivity index (χ3v) is 5.07. The second kappa shape index (κ2) is 11.9. The number of para-hydroxylation sites is 1. The molecule has 0 fully saturated rings. The Labute approximate surface area is 203 Å². The van der Waals surface area contributed by atoms with Crippen LogP contribution in [0.3, 0.4) is 0 Å². The zero-order valence-electron chi connectivity index (χ0n) is 18.8. The molecule has 0 saturated carbocycles. The predicted octanol–water partition coefficient (Wildman–Crippen LogP) is 5.45. The molecule has 1 atom stereocenters. The van der Waals surface area contributed by atoms with Crippen LogP contribution >= 0.6 is 11.6 Å². The van der Waals surface area contributed by atoms with Gasteiger partial charge in [0, 0.05) is 16.8 Å². The lowest BCUT2D eigenvalue weighted by molar-refractivity contribution is -0.137. The molecule has 0 unspecified atom stereocenters. The lowest BCUT2D eigenvalue weighted by atomic mass is 10.0. The summed E-state index contributed by atoms with van der Waals surface area (Å²) >= 11 is 6.08. The minimum absolute atomic E-state index is 0.0176. The van der Waals surface area contributed by atoms with Crippen LogP contribution in [0.15, 0.2) is 78.9 Å². The van der Waals surface area contributed by atoms with Crippen molar-refractivity contribution in [1.29, 1.82) is 0 Å². The fraction of sp³-hybridized carbons (Fsp3) is 0.192. The molecule has 0 aliphatic heterocycles. The van der Waals surface area contributed by atoms with Gasteiger partial charge in [-0.1, -0.05) is 74.0 Å². The highest BCUT2D eigenvalue weighted by atomic mass is 35.5. The number of carbonyl (C=O) groups is 3. The maximum absolute atomic E-state index is 12.9. The van der Waals surface area contributed by atoms with Crippen molar-refractivity contribution >= 4 is 35.3 Å². The van der Waals surface area contributed by atoms with Crippen LogP contribution in [-0.4, -0.2) is 24.0 Å². The molecule has 0 heterocycles. The van der Waals surface area contributed by atoms with Crippen LogP contribution in [0.5, 0.6) is 5.75 Å². The topological polar surface area (TPSA) is 93.7 Å². The second-order valence-electron chi connectivity index (χ2n) is 7.81. The molecule has 0 spiro atoms. The molecule has 8 heteroatoms. The molecule has 2 N–H and O–H groups in total. The summed E-state index contributed by atoms with van der Waals surface area (Å²) in [6, 6.07) is 21.4. The largest absolute Gasteiger partial charge is 0.445 e. The van der Waals surface area contributed by atoms with E-state index in [1.54, 1.807) is 38.1 Å². The average Bonchev–Trinajstić information content (AvgIpc) is 2.82. The summed E-state index contributed by atoms with van der Waals surface area (Å²) in [6.45, 7) is 3.57. The Balaban J connectivity index is 1.69. The van der Waals surface area contributed by atoms with E-state index in [9.17, 15) is 14.4 Å². The van der Waals surface area contributed by atoms with Crippen LogP contribution in [0.2, 0.25) is 5.02 Å². The molecule has 0 bridgehead atoms. The lowest BCUT2D eigenvalue weighted by Crippen LogP contribution is -2.46. The summed E-state index contributed by atoms with van der Waals surface area (Å²) in [5, 5.41) is 5.57. The molecular formula is C26H25ClN2O5. The van der Waals surface area contributed by atoms with E-state index in [1.165, 1.54) is 18.2 Å². The minimum atomic E-state index is -1.01. The van der Waals surface area contributed by atoms with Crippen LogP contribution in [-0.2, 0) is 16.1 Å². The van der Waals surface area contributed by atoms with E-state index in [-0.39, 0.29) is 28.9 Å². The second-order valence-corrected chi connectivity index (χ2v) is 8.25. The number of hydrogen-bond acceptors (Lipinski definition) is 5. The molecule has 0 aliphatic carbocycles. The van der Waals surface area contributed by atoms with Crippen molar-refractivity contribution < 1.29 is 23.9 Å². The van der Waals surface area contributed by atoms with Gasteiger partial charge in [0.1, 0.15) is 18.4 Å². The van der Waals surface area contributed by atoms with Gasteiger partial charge in [0.25, 0.3) is 5.91 Å². The Bertz CT molecular complexity index is 1140. The summed E-state index contributed by atoms with van der Waals surface area (Å²) < 4.78 is 10.7. The quantitative estimate of drug-likeness (QED) is 0.330. The van der Waals surface area contributed by atoms with Crippen LogP contribution in [0.4, 0.5) is 10.5 Å². The van der Waals surface area contributed by atoms with Crippen molar-refractivity contribution in [3.8, 4) is 5.75 Å². The third kappa shape index (κ3) is 7.08. The van der Waals surface area contributed by atoms with Crippen molar-refractivity contribution in [1.82, 2.24) is 5.32 Å². The number of benzene rings is 3. The predicted molar refractivity (Wildman–Crippen MR) is 130 cm³/mol. The van der Waals surface area contributed by atoms with Gasteiger partial charge < -0.3 is 20.1 Å². The van der Waals surface area contributed by atoms with Crippen molar-refractivity contribution in [2.75, 3.05) is 5.32 Å². The first-order valence-electron chi connectivity index (χ1n) is 10.7. The van der Waals surface area contributed by atoms with Crippen molar-refractivity contribution in [2.24, 2.45) is 5.92 Å². The van der Waals surface area contributed by atoms with Gasteiger partial charge in [0.15, 0.2) is 0 Å². The maximum Gasteiger partial charge on any atom is 0.408 e. The Morgan fingerprint density at radius 1 is 0.912 bits per heavy atom. The Morgan fingerprint density at radius 2 is 1.56 bits per heavy atom. The first kappa shape index (κ1) is 24.8. The summed E-state index contributed by atoms with van der Waals surface area (Å²) in [5.74, 6) is -1.54. The van der Waals surface area contributed by atoms with Crippen molar-refractivity contribution in [2.45, 2.75) is 26.5 Å². The highest BCUT2D eigenvalue weighted by Crippen LogP contribution is 2.25. The van der Waals surface area contributed by atoms with Gasteiger partial charge in [0.2, 0.25) is 0 Å². The van der Waals surface area contributed by atoms with E-state index >= 15 is 0 Å². The first-order valence-corrected chi connectivity index (χ1v) is 11.1. The fourth-order valence-electron chi connectivity index (χ4n) is 3.05. The number of rotatable bonds is 8. The molecule has 34 heavy (non-hydrogen) atoms. The molecule has 2 amide bonds. The van der Waals surface area contributed by atoms with Gasteiger partial charge in [0.05, 0.1) is 5.56 Å². The van der Waals surface area contributed by atoms with Crippen LogP contribution in [0, 0.1) is 5.92 Å². The molecule has 7 nitrogen and oxygen atoms in total. The SMILES string of the molecule is CC(C)[C@H](NC(=O)OCc1ccccc1)C(=O)Oc1cc(Cl)ccc1C(=O)Nc1ccccc1. The van der Waals surface area contributed by atoms with Gasteiger partial charge >= 0.3 is 12.1 Å². The summed E-state index contributed by atoms with van der Waals surface area (Å²) in [5.41, 5.74) is 1.52. The smallest absolute Gasteiger partial charge is 0.408 e. The molecule has 0 saturated heterocycles. The molecule has 3 rings (SSSR count). The maximum atomic E-state index is 12.9. The number of nitrogens with one attached hydrogen (secondary N) is 2. The molecule has 0 aromatic heterocycles. The normalized spacial score (nSPS) is 11.4. The van der Waals surface area contributed by atoms with E-state index in [1.807, 2.05) is 36.4 Å². The Kier molecular flexibility index (Phi) is 8.65. The number of anilines is 1. The number of amides is 2. The van der Waals surface area contributed by atoms with E-state index in [2.05, 4.69) is 10.6 Å². The number of alkyl carbamates (subject to hydrolysis) is 1. The van der Waals surface area contributed by atoms with Gasteiger partial charge in [-0.3, -0.25) is 4.79 Å². The van der Waals surface area contributed by atoms with Crippen molar-refractivity contribution in [3.05, 3.63) is 95.0 Å². The van der Waals surface area contributed by atoms with Crippen molar-refractivity contribution in [3.63, 3.8) is 0 Å². The highest BCUT2D eigenvalue weighted by Gasteiger charge is 2.28. The zero-order valence-corrected chi connectivity index (χ0v) is 19.5. The average molecular weight is 481 g/mol. The van der Waals surface area contributed by atoms with Gasteiger partial charge in [-0.2, -0.15) is 0 Å². The molecular weight excluding hydrogens is 456 g/mol. The summed E-state index contributed by atoms with van der Waals surface area (Å²) in [7, 11) is 0. The standard InChI is InChI=1S/C26H25ClN2O5/c1-17(2)23(29-26(32)33-16-18-9-5-3-6-10-18)25(31)34-22-15-19(27)13-14-21(22)24(30)28-20-11-7-4-8-12-20/h3-15,17,23H,16H2,1-2H3,(H,28,30)(H,29,32)/t23-/m0/s1. The minimum Gasteiger partial charge on any atom is -0.445 e. The molecule has 3 aromatic rings. The first-order chi connectivity index (χ1) is 16.3. The van der Waals surface area contributed by atoms with Crippen LogP contribution in [0.25, 0.3) is 0 Å².